The number of aliphatic imine (C=N–C) groups is 1. The highest BCUT2D eigenvalue weighted by molar-refractivity contribution is 8.14. The summed E-state index contributed by atoms with van der Waals surface area (Å²) in [4.78, 5) is 4.66. The number of hydrogen-bond acceptors (Lipinski definition) is 2. The maximum Gasteiger partial charge on any atom is 0.157 e. The van der Waals surface area contributed by atoms with Crippen LogP contribution in [0.15, 0.2) is 29.3 Å². The molecule has 1 N–H and O–H groups in total. The van der Waals surface area contributed by atoms with Crippen LogP contribution < -0.4 is 5.32 Å². The average Bonchev–Trinajstić information content (AvgIpc) is 3.00. The van der Waals surface area contributed by atoms with Gasteiger partial charge in [0.2, 0.25) is 0 Å². The lowest BCUT2D eigenvalue weighted by molar-refractivity contribution is 0.452. The van der Waals surface area contributed by atoms with Crippen molar-refractivity contribution in [1.82, 2.24) is 5.32 Å². The summed E-state index contributed by atoms with van der Waals surface area (Å²) in [6.45, 7) is 0.672. The van der Waals surface area contributed by atoms with Crippen molar-refractivity contribution in [3.8, 4) is 0 Å². The van der Waals surface area contributed by atoms with Gasteiger partial charge in [0.05, 0.1) is 6.54 Å². The van der Waals surface area contributed by atoms with E-state index in [4.69, 9.17) is 11.6 Å². The Morgan fingerprint density at radius 3 is 2.83 bits per heavy atom. The van der Waals surface area contributed by atoms with E-state index in [0.29, 0.717) is 12.1 Å². The Morgan fingerprint density at radius 1 is 1.28 bits per heavy atom. The first-order valence-corrected chi connectivity index (χ1v) is 7.83. The van der Waals surface area contributed by atoms with Crippen LogP contribution in [0.1, 0.15) is 31.2 Å². The highest BCUT2D eigenvalue weighted by atomic mass is 35.5. The zero-order valence-corrected chi connectivity index (χ0v) is 11.9. The molecule has 0 amide bonds. The second-order valence-electron chi connectivity index (χ2n) is 5.11. The van der Waals surface area contributed by atoms with E-state index in [1.54, 1.807) is 0 Å². The van der Waals surface area contributed by atoms with Gasteiger partial charge in [0.25, 0.3) is 0 Å². The number of hydrogen-bond donors (Lipinski definition) is 1. The molecule has 96 valence electrons. The van der Waals surface area contributed by atoms with Gasteiger partial charge >= 0.3 is 0 Å². The van der Waals surface area contributed by atoms with E-state index in [-0.39, 0.29) is 0 Å². The predicted octanol–water partition coefficient (Wildman–Crippen LogP) is 3.85. The molecule has 1 aliphatic heterocycles. The topological polar surface area (TPSA) is 24.4 Å². The fourth-order valence-electron chi connectivity index (χ4n) is 2.70. The summed E-state index contributed by atoms with van der Waals surface area (Å²) in [6.07, 6.45) is 5.30. The molecule has 18 heavy (non-hydrogen) atoms. The number of benzene rings is 1. The molecule has 3 rings (SSSR count). The van der Waals surface area contributed by atoms with Gasteiger partial charge < -0.3 is 5.32 Å². The van der Waals surface area contributed by atoms with Crippen molar-refractivity contribution >= 4 is 28.5 Å². The van der Waals surface area contributed by atoms with Crippen molar-refractivity contribution in [2.45, 2.75) is 37.8 Å². The van der Waals surface area contributed by atoms with E-state index < -0.39 is 0 Å². The minimum absolute atomic E-state index is 0.351. The van der Waals surface area contributed by atoms with Crippen molar-refractivity contribution in [1.29, 1.82) is 0 Å². The number of rotatable bonds is 2. The number of halogens is 1. The lowest BCUT2D eigenvalue weighted by Crippen LogP contribution is -2.40. The molecule has 2 aliphatic rings. The first-order valence-electron chi connectivity index (χ1n) is 6.46. The molecule has 1 spiro atoms. The number of amidine groups is 1. The van der Waals surface area contributed by atoms with Crippen LogP contribution in [0.25, 0.3) is 0 Å². The standard InChI is InChI=1S/C14H17ClN2S/c15-12-6-2-1-5-11(12)9-16-13-17-14(10-18-13)7-3-4-8-14/h1-2,5-6H,3-4,7-10H2,(H,16,17). The zero-order chi connectivity index (χ0) is 12.4. The molecule has 1 heterocycles. The second-order valence-corrected chi connectivity index (χ2v) is 6.49. The molecule has 1 saturated heterocycles. The summed E-state index contributed by atoms with van der Waals surface area (Å²) in [6, 6.07) is 7.92. The quantitative estimate of drug-likeness (QED) is 0.890. The zero-order valence-electron chi connectivity index (χ0n) is 10.3. The SMILES string of the molecule is Clc1ccccc1CN=C1NC2(CCCC2)CS1. The second kappa shape index (κ2) is 5.14. The third kappa shape index (κ3) is 2.52. The van der Waals surface area contributed by atoms with Crippen LogP contribution in [0, 0.1) is 0 Å². The smallest absolute Gasteiger partial charge is 0.157 e. The van der Waals surface area contributed by atoms with Crippen LogP contribution in [-0.4, -0.2) is 16.5 Å². The van der Waals surface area contributed by atoms with Gasteiger partial charge in [-0.25, -0.2) is 0 Å². The average molecular weight is 281 g/mol. The summed E-state index contributed by atoms with van der Waals surface area (Å²) >= 11 is 7.99. The Kier molecular flexibility index (Phi) is 3.53. The summed E-state index contributed by atoms with van der Waals surface area (Å²) in [5, 5.41) is 5.53. The molecule has 0 unspecified atom stereocenters. The van der Waals surface area contributed by atoms with Crippen molar-refractivity contribution in [2.24, 2.45) is 4.99 Å². The molecule has 2 fully saturated rings. The molecule has 0 atom stereocenters. The molecular weight excluding hydrogens is 264 g/mol. The lowest BCUT2D eigenvalue weighted by Gasteiger charge is -2.21. The maximum absolute atomic E-state index is 6.13. The van der Waals surface area contributed by atoms with Gasteiger partial charge in [-0.3, -0.25) is 4.99 Å². The Balaban J connectivity index is 1.66. The van der Waals surface area contributed by atoms with Gasteiger partial charge in [-0.1, -0.05) is 54.4 Å². The highest BCUT2D eigenvalue weighted by Gasteiger charge is 2.39. The highest BCUT2D eigenvalue weighted by Crippen LogP contribution is 2.37. The summed E-state index contributed by atoms with van der Waals surface area (Å²) < 4.78 is 0. The Labute approximate surface area is 117 Å². The van der Waals surface area contributed by atoms with E-state index in [2.05, 4.69) is 10.3 Å². The van der Waals surface area contributed by atoms with Gasteiger partial charge in [-0.05, 0) is 24.5 Å². The Hall–Kier alpha value is -0.670. The summed E-state index contributed by atoms with van der Waals surface area (Å²) in [5.41, 5.74) is 1.45. The monoisotopic (exact) mass is 280 g/mol. The molecule has 2 nitrogen and oxygen atoms in total. The number of thioether (sulfide) groups is 1. The normalized spacial score (nSPS) is 23.7. The van der Waals surface area contributed by atoms with E-state index in [1.165, 1.54) is 31.4 Å². The molecule has 1 saturated carbocycles. The molecule has 0 bridgehead atoms. The predicted molar refractivity (Wildman–Crippen MR) is 79.4 cm³/mol. The van der Waals surface area contributed by atoms with Gasteiger partial charge in [-0.2, -0.15) is 0 Å². The number of nitrogens with one attached hydrogen (secondary N) is 1. The lowest BCUT2D eigenvalue weighted by atomic mass is 10.0. The minimum Gasteiger partial charge on any atom is -0.359 e. The molecule has 1 aromatic carbocycles. The van der Waals surface area contributed by atoms with E-state index in [9.17, 15) is 0 Å². The van der Waals surface area contributed by atoms with Gasteiger partial charge in [0.1, 0.15) is 0 Å². The van der Waals surface area contributed by atoms with Crippen molar-refractivity contribution in [3.63, 3.8) is 0 Å². The van der Waals surface area contributed by atoms with E-state index in [0.717, 1.165) is 15.8 Å². The molecule has 1 aromatic rings. The Bertz CT molecular complexity index is 467. The van der Waals surface area contributed by atoms with Crippen LogP contribution >= 0.6 is 23.4 Å². The van der Waals surface area contributed by atoms with Crippen LogP contribution in [0.3, 0.4) is 0 Å². The first kappa shape index (κ1) is 12.4. The molecule has 1 aliphatic carbocycles. The third-order valence-electron chi connectivity index (χ3n) is 3.77. The first-order chi connectivity index (χ1) is 8.77. The van der Waals surface area contributed by atoms with Crippen molar-refractivity contribution < 1.29 is 0 Å². The van der Waals surface area contributed by atoms with E-state index in [1.807, 2.05) is 36.0 Å². The summed E-state index contributed by atoms with van der Waals surface area (Å²) in [5.74, 6) is 1.17. The van der Waals surface area contributed by atoms with Crippen LogP contribution in [0.5, 0.6) is 0 Å². The largest absolute Gasteiger partial charge is 0.359 e. The van der Waals surface area contributed by atoms with Crippen molar-refractivity contribution in [2.75, 3.05) is 5.75 Å². The van der Waals surface area contributed by atoms with Gasteiger partial charge in [0.15, 0.2) is 5.17 Å². The molecule has 0 aromatic heterocycles. The summed E-state index contributed by atoms with van der Waals surface area (Å²) in [7, 11) is 0. The Morgan fingerprint density at radius 2 is 2.06 bits per heavy atom. The fraction of sp³-hybridized carbons (Fsp3) is 0.500. The van der Waals surface area contributed by atoms with Crippen LogP contribution in [0.4, 0.5) is 0 Å². The minimum atomic E-state index is 0.351. The van der Waals surface area contributed by atoms with Crippen LogP contribution in [0.2, 0.25) is 5.02 Å². The number of nitrogens with zero attached hydrogens (tertiary/aromatic N) is 1. The molecule has 4 heteroatoms. The molecule has 0 radical (unpaired) electrons. The fourth-order valence-corrected chi connectivity index (χ4v) is 4.11. The van der Waals surface area contributed by atoms with Gasteiger partial charge in [0, 0.05) is 16.3 Å². The van der Waals surface area contributed by atoms with Crippen LogP contribution in [-0.2, 0) is 6.54 Å². The molecular formula is C14H17ClN2S. The van der Waals surface area contributed by atoms with Crippen molar-refractivity contribution in [3.05, 3.63) is 34.9 Å². The third-order valence-corrected chi connectivity index (χ3v) is 5.34. The maximum atomic E-state index is 6.13. The van der Waals surface area contributed by atoms with E-state index >= 15 is 0 Å². The van der Waals surface area contributed by atoms with Gasteiger partial charge in [-0.15, -0.1) is 0 Å².